The number of amides is 1. The Bertz CT molecular complexity index is 571. The van der Waals surface area contributed by atoms with E-state index in [9.17, 15) is 14.0 Å². The number of halogens is 2. The molecule has 1 aromatic carbocycles. The third-order valence-corrected chi connectivity index (χ3v) is 4.11. The summed E-state index contributed by atoms with van der Waals surface area (Å²) < 4.78 is 18.3. The summed E-state index contributed by atoms with van der Waals surface area (Å²) >= 11 is 7.14. The number of esters is 1. The van der Waals surface area contributed by atoms with Crippen molar-refractivity contribution in [2.45, 2.75) is 6.54 Å². The summed E-state index contributed by atoms with van der Waals surface area (Å²) in [6.07, 6.45) is 1.21. The Morgan fingerprint density at radius 3 is 3.00 bits per heavy atom. The normalized spacial score (nSPS) is 16.9. The van der Waals surface area contributed by atoms with Crippen LogP contribution in [-0.2, 0) is 20.9 Å². The minimum absolute atomic E-state index is 0.0137. The maximum Gasteiger partial charge on any atom is 0.333 e. The molecule has 20 heavy (non-hydrogen) atoms. The molecule has 0 aromatic heterocycles. The molecule has 1 heterocycles. The first-order valence-electron chi connectivity index (χ1n) is 5.68. The second-order valence-electron chi connectivity index (χ2n) is 3.97. The number of nitrogens with zero attached hydrogens (tertiary/aromatic N) is 1. The van der Waals surface area contributed by atoms with Crippen molar-refractivity contribution in [3.05, 3.63) is 45.7 Å². The van der Waals surface area contributed by atoms with Gasteiger partial charge in [-0.2, -0.15) is 0 Å². The highest BCUT2D eigenvalue weighted by atomic mass is 35.5. The van der Waals surface area contributed by atoms with Crippen LogP contribution in [0.1, 0.15) is 5.56 Å². The maximum atomic E-state index is 13.7. The van der Waals surface area contributed by atoms with E-state index in [0.29, 0.717) is 5.03 Å². The molecule has 1 aromatic rings. The quantitative estimate of drug-likeness (QED) is 0.635. The zero-order valence-electron chi connectivity index (χ0n) is 10.6. The molecule has 0 saturated carbocycles. The van der Waals surface area contributed by atoms with Gasteiger partial charge in [-0.3, -0.25) is 4.79 Å². The fourth-order valence-electron chi connectivity index (χ4n) is 1.70. The zero-order chi connectivity index (χ0) is 14.7. The number of hydrogen-bond donors (Lipinski definition) is 0. The second-order valence-corrected chi connectivity index (χ2v) is 5.38. The molecule has 1 amide bonds. The highest BCUT2D eigenvalue weighted by Gasteiger charge is 2.28. The van der Waals surface area contributed by atoms with E-state index in [0.717, 1.165) is 0 Å². The average molecular weight is 316 g/mol. The molecule has 0 unspecified atom stereocenters. The number of hydrogen-bond acceptors (Lipinski definition) is 4. The summed E-state index contributed by atoms with van der Waals surface area (Å²) in [7, 11) is 1.25. The zero-order valence-corrected chi connectivity index (χ0v) is 12.1. The van der Waals surface area contributed by atoms with Crippen LogP contribution in [0.2, 0.25) is 5.02 Å². The minimum atomic E-state index is -0.563. The first-order chi connectivity index (χ1) is 9.52. The molecule has 0 aliphatic carbocycles. The smallest absolute Gasteiger partial charge is 0.333 e. The molecular weight excluding hydrogens is 305 g/mol. The van der Waals surface area contributed by atoms with Gasteiger partial charge in [0.05, 0.1) is 30.5 Å². The molecule has 7 heteroatoms. The van der Waals surface area contributed by atoms with Crippen LogP contribution < -0.4 is 0 Å². The number of thioether (sulfide) groups is 1. The van der Waals surface area contributed by atoms with E-state index in [1.807, 2.05) is 0 Å². The van der Waals surface area contributed by atoms with E-state index >= 15 is 0 Å². The second kappa shape index (κ2) is 6.28. The van der Waals surface area contributed by atoms with Crippen LogP contribution >= 0.6 is 23.4 Å². The molecule has 0 radical (unpaired) electrons. The van der Waals surface area contributed by atoms with Gasteiger partial charge >= 0.3 is 5.97 Å². The predicted octanol–water partition coefficient (Wildman–Crippen LogP) is 2.57. The third kappa shape index (κ3) is 3.13. The van der Waals surface area contributed by atoms with Crippen LogP contribution in [0, 0.1) is 5.82 Å². The van der Waals surface area contributed by atoms with Gasteiger partial charge in [0, 0.05) is 10.6 Å². The van der Waals surface area contributed by atoms with Crippen molar-refractivity contribution in [2.75, 3.05) is 12.9 Å². The van der Waals surface area contributed by atoms with Crippen molar-refractivity contribution in [3.63, 3.8) is 0 Å². The van der Waals surface area contributed by atoms with Crippen molar-refractivity contribution in [3.8, 4) is 0 Å². The molecule has 1 aliphatic rings. The fourth-order valence-corrected chi connectivity index (χ4v) is 2.85. The molecule has 4 nitrogen and oxygen atoms in total. The van der Waals surface area contributed by atoms with Crippen LogP contribution in [-0.4, -0.2) is 29.6 Å². The molecule has 0 spiro atoms. The van der Waals surface area contributed by atoms with Crippen LogP contribution in [0.5, 0.6) is 0 Å². The molecular formula is C13H11ClFNO3S. The van der Waals surface area contributed by atoms with Gasteiger partial charge in [-0.15, -0.1) is 0 Å². The first kappa shape index (κ1) is 14.9. The Kier molecular flexibility index (Phi) is 4.67. The highest BCUT2D eigenvalue weighted by molar-refractivity contribution is 8.04. The maximum absolute atomic E-state index is 13.7. The van der Waals surface area contributed by atoms with Crippen LogP contribution in [0.3, 0.4) is 0 Å². The average Bonchev–Trinajstić information content (AvgIpc) is 2.75. The molecule has 1 fully saturated rings. The first-order valence-corrected chi connectivity index (χ1v) is 7.05. The van der Waals surface area contributed by atoms with E-state index < -0.39 is 11.8 Å². The van der Waals surface area contributed by atoms with Crippen molar-refractivity contribution in [1.82, 2.24) is 4.90 Å². The van der Waals surface area contributed by atoms with E-state index in [-0.39, 0.29) is 28.8 Å². The third-order valence-electron chi connectivity index (χ3n) is 2.73. The van der Waals surface area contributed by atoms with Crippen molar-refractivity contribution < 1.29 is 18.7 Å². The summed E-state index contributed by atoms with van der Waals surface area (Å²) in [5, 5.41) is 0.674. The standard InChI is InChI=1S/C13H11ClFNO3S/c1-19-13(18)5-12-16(11(17)7-20-12)6-8-9(14)3-2-4-10(8)15/h2-5H,6-7H2,1H3/b12-5-. The summed E-state index contributed by atoms with van der Waals surface area (Å²) in [5.41, 5.74) is 0.223. The molecule has 0 atom stereocenters. The number of carbonyl (C=O) groups is 2. The van der Waals surface area contributed by atoms with Gasteiger partial charge in [0.2, 0.25) is 5.91 Å². The van der Waals surface area contributed by atoms with Crippen molar-refractivity contribution in [2.24, 2.45) is 0 Å². The Morgan fingerprint density at radius 1 is 1.60 bits per heavy atom. The van der Waals surface area contributed by atoms with E-state index in [4.69, 9.17) is 11.6 Å². The van der Waals surface area contributed by atoms with Gasteiger partial charge in [-0.05, 0) is 12.1 Å². The van der Waals surface area contributed by atoms with Crippen molar-refractivity contribution >= 4 is 35.2 Å². The topological polar surface area (TPSA) is 46.6 Å². The van der Waals surface area contributed by atoms with Gasteiger partial charge in [-0.1, -0.05) is 29.4 Å². The monoisotopic (exact) mass is 315 g/mol. The van der Waals surface area contributed by atoms with Crippen LogP contribution in [0.25, 0.3) is 0 Å². The Hall–Kier alpha value is -1.53. The van der Waals surface area contributed by atoms with Gasteiger partial charge in [0.15, 0.2) is 0 Å². The van der Waals surface area contributed by atoms with E-state index in [1.165, 1.54) is 42.0 Å². The van der Waals surface area contributed by atoms with Crippen molar-refractivity contribution in [1.29, 1.82) is 0 Å². The highest BCUT2D eigenvalue weighted by Crippen LogP contribution is 2.32. The lowest BCUT2D eigenvalue weighted by atomic mass is 10.2. The summed E-state index contributed by atoms with van der Waals surface area (Å²) in [6.45, 7) is -0.0137. The number of benzene rings is 1. The Balaban J connectivity index is 2.28. The molecule has 0 bridgehead atoms. The van der Waals surface area contributed by atoms with Gasteiger partial charge < -0.3 is 9.64 Å². The number of ether oxygens (including phenoxy) is 1. The SMILES string of the molecule is COC(=O)/C=C1\SCC(=O)N1Cc1c(F)cccc1Cl. The number of rotatable bonds is 3. The van der Waals surface area contributed by atoms with Gasteiger partial charge in [0.1, 0.15) is 5.82 Å². The largest absolute Gasteiger partial charge is 0.466 e. The lowest BCUT2D eigenvalue weighted by Crippen LogP contribution is -2.25. The van der Waals surface area contributed by atoms with Gasteiger partial charge in [-0.25, -0.2) is 9.18 Å². The van der Waals surface area contributed by atoms with Crippen LogP contribution in [0.4, 0.5) is 4.39 Å². The molecule has 0 N–H and O–H groups in total. The van der Waals surface area contributed by atoms with E-state index in [1.54, 1.807) is 6.07 Å². The summed E-state index contributed by atoms with van der Waals surface area (Å²) in [5.74, 6) is -1.05. The molecule has 1 saturated heterocycles. The van der Waals surface area contributed by atoms with Crippen LogP contribution in [0.15, 0.2) is 29.3 Å². The number of methoxy groups -OCH3 is 1. The summed E-state index contributed by atoms with van der Waals surface area (Å²) in [6, 6.07) is 4.32. The lowest BCUT2D eigenvalue weighted by molar-refractivity contribution is -0.134. The lowest BCUT2D eigenvalue weighted by Gasteiger charge is -2.18. The Labute approximate surface area is 124 Å². The molecule has 2 rings (SSSR count). The number of carbonyl (C=O) groups excluding carboxylic acids is 2. The van der Waals surface area contributed by atoms with Gasteiger partial charge in [0.25, 0.3) is 0 Å². The molecule has 106 valence electrons. The predicted molar refractivity (Wildman–Crippen MR) is 74.5 cm³/mol. The Morgan fingerprint density at radius 2 is 2.35 bits per heavy atom. The minimum Gasteiger partial charge on any atom is -0.466 e. The van der Waals surface area contributed by atoms with E-state index in [2.05, 4.69) is 4.74 Å². The fraction of sp³-hybridized carbons (Fsp3) is 0.231. The summed E-state index contributed by atoms with van der Waals surface area (Å²) in [4.78, 5) is 24.4. The molecule has 1 aliphatic heterocycles.